The lowest BCUT2D eigenvalue weighted by Crippen LogP contribution is -2.27. The lowest BCUT2D eigenvalue weighted by atomic mass is 9.88. The molecule has 104 valence electrons. The molecule has 0 saturated heterocycles. The first-order valence-corrected chi connectivity index (χ1v) is 8.17. The third-order valence-electron chi connectivity index (χ3n) is 4.15. The van der Waals surface area contributed by atoms with Crippen molar-refractivity contribution in [1.82, 2.24) is 0 Å². The van der Waals surface area contributed by atoms with Crippen molar-refractivity contribution in [2.24, 2.45) is 0 Å². The number of nitrogens with one attached hydrogen (secondary N) is 1. The zero-order valence-electron chi connectivity index (χ0n) is 11.8. The fraction of sp³-hybridized carbons (Fsp3) is 0.333. The summed E-state index contributed by atoms with van der Waals surface area (Å²) in [6.45, 7) is 2.22. The van der Waals surface area contributed by atoms with Gasteiger partial charge in [-0.15, -0.1) is 0 Å². The number of benzene rings is 2. The maximum absolute atomic E-state index is 3.74. The Morgan fingerprint density at radius 1 is 1.15 bits per heavy atom. The monoisotopic (exact) mass is 329 g/mol. The number of fused-ring (bicyclic) bond motifs is 1. The molecule has 2 aromatic rings. The van der Waals surface area contributed by atoms with Crippen LogP contribution in [0.4, 0.5) is 5.69 Å². The SMILES string of the molecule is CCc1ccccc1NC1CCc2cc(Br)ccc2C1. The summed E-state index contributed by atoms with van der Waals surface area (Å²) in [7, 11) is 0. The van der Waals surface area contributed by atoms with Crippen molar-refractivity contribution in [2.75, 3.05) is 5.32 Å². The second-order valence-electron chi connectivity index (χ2n) is 5.51. The van der Waals surface area contributed by atoms with Crippen LogP contribution in [0, 0.1) is 0 Å². The third kappa shape index (κ3) is 2.90. The van der Waals surface area contributed by atoms with E-state index in [0.29, 0.717) is 6.04 Å². The van der Waals surface area contributed by atoms with Gasteiger partial charge in [0.05, 0.1) is 0 Å². The zero-order chi connectivity index (χ0) is 13.9. The lowest BCUT2D eigenvalue weighted by Gasteiger charge is -2.27. The van der Waals surface area contributed by atoms with E-state index in [1.165, 1.54) is 39.7 Å². The number of rotatable bonds is 3. The molecule has 0 saturated carbocycles. The maximum Gasteiger partial charge on any atom is 0.0374 e. The Morgan fingerprint density at radius 2 is 2.00 bits per heavy atom. The normalized spacial score (nSPS) is 17.6. The summed E-state index contributed by atoms with van der Waals surface area (Å²) in [5.41, 5.74) is 5.71. The van der Waals surface area contributed by atoms with Crippen molar-refractivity contribution in [1.29, 1.82) is 0 Å². The van der Waals surface area contributed by atoms with Crippen LogP contribution in [0.2, 0.25) is 0 Å². The molecule has 1 unspecified atom stereocenters. The highest BCUT2D eigenvalue weighted by Crippen LogP contribution is 2.27. The van der Waals surface area contributed by atoms with Crippen molar-refractivity contribution >= 4 is 21.6 Å². The molecule has 0 spiro atoms. The van der Waals surface area contributed by atoms with E-state index < -0.39 is 0 Å². The quantitative estimate of drug-likeness (QED) is 0.837. The molecule has 1 atom stereocenters. The largest absolute Gasteiger partial charge is 0.382 e. The molecular weight excluding hydrogens is 310 g/mol. The summed E-state index contributed by atoms with van der Waals surface area (Å²) in [5, 5.41) is 3.74. The highest BCUT2D eigenvalue weighted by molar-refractivity contribution is 9.10. The molecule has 0 radical (unpaired) electrons. The number of hydrogen-bond donors (Lipinski definition) is 1. The van der Waals surface area contributed by atoms with Crippen LogP contribution in [-0.4, -0.2) is 6.04 Å². The van der Waals surface area contributed by atoms with Gasteiger partial charge in [-0.1, -0.05) is 47.1 Å². The minimum atomic E-state index is 0.552. The summed E-state index contributed by atoms with van der Waals surface area (Å²) >= 11 is 3.56. The first kappa shape index (κ1) is 13.7. The summed E-state index contributed by atoms with van der Waals surface area (Å²) in [5.74, 6) is 0. The van der Waals surface area contributed by atoms with E-state index in [4.69, 9.17) is 0 Å². The van der Waals surface area contributed by atoms with Crippen LogP contribution in [-0.2, 0) is 19.3 Å². The molecule has 0 fully saturated rings. The Kier molecular flexibility index (Phi) is 4.11. The van der Waals surface area contributed by atoms with Gasteiger partial charge in [0, 0.05) is 16.2 Å². The smallest absolute Gasteiger partial charge is 0.0374 e. The molecule has 0 bridgehead atoms. The van der Waals surface area contributed by atoms with E-state index in [1.807, 2.05) is 0 Å². The number of anilines is 1. The number of para-hydroxylation sites is 1. The Balaban J connectivity index is 1.76. The molecule has 0 heterocycles. The van der Waals surface area contributed by atoms with Gasteiger partial charge in [0.1, 0.15) is 0 Å². The number of halogens is 1. The van der Waals surface area contributed by atoms with E-state index in [1.54, 1.807) is 0 Å². The van der Waals surface area contributed by atoms with Crippen molar-refractivity contribution in [2.45, 2.75) is 38.6 Å². The fourth-order valence-electron chi connectivity index (χ4n) is 3.04. The summed E-state index contributed by atoms with van der Waals surface area (Å²) < 4.78 is 1.19. The molecule has 1 aliphatic carbocycles. The van der Waals surface area contributed by atoms with Crippen molar-refractivity contribution in [3.63, 3.8) is 0 Å². The van der Waals surface area contributed by atoms with Gasteiger partial charge in [0.25, 0.3) is 0 Å². The molecule has 1 N–H and O–H groups in total. The molecule has 3 rings (SSSR count). The van der Waals surface area contributed by atoms with Crippen molar-refractivity contribution in [3.05, 3.63) is 63.6 Å². The maximum atomic E-state index is 3.74. The number of hydrogen-bond acceptors (Lipinski definition) is 1. The van der Waals surface area contributed by atoms with E-state index in [-0.39, 0.29) is 0 Å². The van der Waals surface area contributed by atoms with Gasteiger partial charge in [0.15, 0.2) is 0 Å². The second-order valence-corrected chi connectivity index (χ2v) is 6.42. The minimum absolute atomic E-state index is 0.552. The fourth-order valence-corrected chi connectivity index (χ4v) is 3.44. The molecule has 0 aromatic heterocycles. The summed E-state index contributed by atoms with van der Waals surface area (Å²) in [6, 6.07) is 15.9. The van der Waals surface area contributed by atoms with Gasteiger partial charge >= 0.3 is 0 Å². The minimum Gasteiger partial charge on any atom is -0.382 e. The lowest BCUT2D eigenvalue weighted by molar-refractivity contribution is 0.610. The van der Waals surface area contributed by atoms with Crippen LogP contribution in [0.3, 0.4) is 0 Å². The highest BCUT2D eigenvalue weighted by Gasteiger charge is 2.19. The Labute approximate surface area is 129 Å². The van der Waals surface area contributed by atoms with E-state index in [2.05, 4.69) is 70.6 Å². The Bertz CT molecular complexity index is 606. The van der Waals surface area contributed by atoms with E-state index in [0.717, 1.165) is 12.8 Å². The highest BCUT2D eigenvalue weighted by atomic mass is 79.9. The average molecular weight is 330 g/mol. The Morgan fingerprint density at radius 3 is 2.85 bits per heavy atom. The number of aryl methyl sites for hydroxylation is 2. The predicted octanol–water partition coefficient (Wildman–Crippen LogP) is 4.98. The van der Waals surface area contributed by atoms with E-state index in [9.17, 15) is 0 Å². The third-order valence-corrected chi connectivity index (χ3v) is 4.65. The topological polar surface area (TPSA) is 12.0 Å². The molecular formula is C18H20BrN. The van der Waals surface area contributed by atoms with Crippen molar-refractivity contribution < 1.29 is 0 Å². The van der Waals surface area contributed by atoms with Crippen LogP contribution >= 0.6 is 15.9 Å². The molecule has 2 heteroatoms. The van der Waals surface area contributed by atoms with Crippen LogP contribution in [0.25, 0.3) is 0 Å². The van der Waals surface area contributed by atoms with Crippen LogP contribution in [0.5, 0.6) is 0 Å². The standard InChI is InChI=1S/C18H20BrN/c1-2-13-5-3-4-6-18(13)20-17-10-8-14-11-16(19)9-7-15(14)12-17/h3-7,9,11,17,20H,2,8,10,12H2,1H3. The summed E-state index contributed by atoms with van der Waals surface area (Å²) in [6.07, 6.45) is 4.59. The molecule has 1 aliphatic rings. The molecule has 0 aliphatic heterocycles. The molecule has 20 heavy (non-hydrogen) atoms. The average Bonchev–Trinajstić information content (AvgIpc) is 2.48. The van der Waals surface area contributed by atoms with Gasteiger partial charge < -0.3 is 5.32 Å². The first-order valence-electron chi connectivity index (χ1n) is 7.38. The van der Waals surface area contributed by atoms with Gasteiger partial charge in [-0.25, -0.2) is 0 Å². The molecule has 1 nitrogen and oxygen atoms in total. The van der Waals surface area contributed by atoms with Gasteiger partial charge in [-0.3, -0.25) is 0 Å². The predicted molar refractivity (Wildman–Crippen MR) is 89.4 cm³/mol. The van der Waals surface area contributed by atoms with Crippen molar-refractivity contribution in [3.8, 4) is 0 Å². The molecule has 0 amide bonds. The van der Waals surface area contributed by atoms with Gasteiger partial charge in [-0.2, -0.15) is 0 Å². The Hall–Kier alpha value is -1.28. The van der Waals surface area contributed by atoms with Crippen LogP contribution in [0.1, 0.15) is 30.0 Å². The first-order chi connectivity index (χ1) is 9.76. The second kappa shape index (κ2) is 6.01. The van der Waals surface area contributed by atoms with Gasteiger partial charge in [-0.05, 0) is 60.6 Å². The zero-order valence-corrected chi connectivity index (χ0v) is 13.4. The molecule has 2 aromatic carbocycles. The van der Waals surface area contributed by atoms with Gasteiger partial charge in [0.2, 0.25) is 0 Å². The van der Waals surface area contributed by atoms with Crippen LogP contribution in [0.15, 0.2) is 46.9 Å². The van der Waals surface area contributed by atoms with Crippen LogP contribution < -0.4 is 5.32 Å². The summed E-state index contributed by atoms with van der Waals surface area (Å²) in [4.78, 5) is 0. The van der Waals surface area contributed by atoms with E-state index >= 15 is 0 Å².